The normalized spacial score (nSPS) is 36.0. The van der Waals surface area contributed by atoms with Crippen molar-refractivity contribution in [2.75, 3.05) is 13.2 Å². The van der Waals surface area contributed by atoms with E-state index in [0.29, 0.717) is 5.56 Å². The van der Waals surface area contributed by atoms with Crippen LogP contribution in [-0.2, 0) is 40.1 Å². The lowest BCUT2D eigenvalue weighted by Gasteiger charge is -2.48. The van der Waals surface area contributed by atoms with E-state index in [2.05, 4.69) is 4.18 Å². The Labute approximate surface area is 265 Å². The second-order valence-corrected chi connectivity index (χ2v) is 12.3. The van der Waals surface area contributed by atoms with Gasteiger partial charge >= 0.3 is 10.4 Å². The molecule has 2 aliphatic heterocycles. The summed E-state index contributed by atoms with van der Waals surface area (Å²) in [5, 5.41) is 116. The summed E-state index contributed by atoms with van der Waals surface area (Å²) in [5.74, 6) is -6.56. The molecular weight excluding hydrogens is 660 g/mol. The Morgan fingerprint density at radius 2 is 1.62 bits per heavy atom. The van der Waals surface area contributed by atoms with Crippen LogP contribution >= 0.6 is 0 Å². The number of ether oxygens (including phenoxy) is 2. The maximum atomic E-state index is 14.0. The van der Waals surface area contributed by atoms with Crippen LogP contribution in [0.3, 0.4) is 0 Å². The van der Waals surface area contributed by atoms with E-state index in [1.54, 1.807) is 0 Å². The first-order valence-electron chi connectivity index (χ1n) is 13.9. The van der Waals surface area contributed by atoms with Crippen LogP contribution in [0, 0.1) is 0 Å². The van der Waals surface area contributed by atoms with Crippen molar-refractivity contribution in [3.63, 3.8) is 0 Å². The highest BCUT2D eigenvalue weighted by Gasteiger charge is 2.64. The van der Waals surface area contributed by atoms with Crippen LogP contribution in [0.1, 0.15) is 12.0 Å². The van der Waals surface area contributed by atoms with Gasteiger partial charge in [0.15, 0.2) is 5.78 Å². The largest absolute Gasteiger partial charge is 0.508 e. The number of phenolic OH excluding ortho intramolecular Hbond substituents is 1. The summed E-state index contributed by atoms with van der Waals surface area (Å²) in [4.78, 5) is 27.5. The molecule has 0 bridgehead atoms. The van der Waals surface area contributed by atoms with Gasteiger partial charge in [0, 0.05) is 6.42 Å². The number of phenols is 1. The quantitative estimate of drug-likeness (QED) is 0.0809. The van der Waals surface area contributed by atoms with Gasteiger partial charge in [-0.3, -0.25) is 14.1 Å². The summed E-state index contributed by atoms with van der Waals surface area (Å²) in [7, 11) is -5.62. The molecule has 1 aromatic carbocycles. The fourth-order valence-electron chi connectivity index (χ4n) is 5.65. The monoisotopic (exact) mass is 694 g/mol. The van der Waals surface area contributed by atoms with Gasteiger partial charge in [-0.15, -0.1) is 0 Å². The Kier molecular flexibility index (Phi) is 10.8. The molecule has 2 fully saturated rings. The van der Waals surface area contributed by atoms with Gasteiger partial charge in [-0.2, -0.15) is 8.42 Å². The van der Waals surface area contributed by atoms with Crippen LogP contribution in [0.4, 0.5) is 0 Å². The Balaban J connectivity index is 1.88. The fraction of sp³-hybridized carbons (Fsp3) is 0.556. The summed E-state index contributed by atoms with van der Waals surface area (Å²) in [6, 6.07) is 5.38. The van der Waals surface area contributed by atoms with Gasteiger partial charge in [-0.25, -0.2) is 4.18 Å². The van der Waals surface area contributed by atoms with E-state index < -0.39 is 131 Å². The second kappa shape index (κ2) is 13.8. The van der Waals surface area contributed by atoms with E-state index in [0.717, 1.165) is 0 Å². The Morgan fingerprint density at radius 3 is 2.19 bits per heavy atom. The zero-order valence-corrected chi connectivity index (χ0v) is 24.9. The molecule has 1 aliphatic carbocycles. The molecule has 11 atom stereocenters. The molecule has 1 aromatic rings. The molecule has 0 aromatic heterocycles. The number of benzene rings is 1. The summed E-state index contributed by atoms with van der Waals surface area (Å²) >= 11 is 0. The van der Waals surface area contributed by atoms with E-state index in [1.807, 2.05) is 0 Å². The maximum absolute atomic E-state index is 14.0. The summed E-state index contributed by atoms with van der Waals surface area (Å²) in [6.07, 6.45) is -23.2. The lowest BCUT2D eigenvalue weighted by molar-refractivity contribution is -0.257. The fourth-order valence-corrected chi connectivity index (χ4v) is 6.15. The van der Waals surface area contributed by atoms with Gasteiger partial charge < -0.3 is 65.6 Å². The van der Waals surface area contributed by atoms with E-state index in [-0.39, 0.29) is 12.2 Å². The van der Waals surface area contributed by atoms with Crippen molar-refractivity contribution in [3.8, 4) is 5.75 Å². The molecule has 0 radical (unpaired) electrons. The van der Waals surface area contributed by atoms with Crippen molar-refractivity contribution in [2.45, 2.75) is 79.5 Å². The zero-order chi connectivity index (χ0) is 35.2. The number of rotatable bonds is 10. The smallest absolute Gasteiger partial charge is 0.397 e. The van der Waals surface area contributed by atoms with E-state index >= 15 is 0 Å². The standard InChI is InChI=1S/C27H34O19S/c28-7-13-17(33)21(37)23(46-47(41,42)43)26(45-13)27(40)24(38)14(11(30)6-3-9-1-4-10(29)5-2-9)18(34)15(25(27)39)19(35)22-20(36)16(32)12(31)8-44-22/h1-2,4-5,12-13,16-17,19-23,26,28-29,31-37,39-40H,3,6-8H2,(H,41,42,43). The zero-order valence-electron chi connectivity index (χ0n) is 24.0. The number of Topliss-reactive ketones (excluding diaryl/α,β-unsaturated/α-hetero) is 2. The van der Waals surface area contributed by atoms with Gasteiger partial charge in [0.1, 0.15) is 83.9 Å². The van der Waals surface area contributed by atoms with E-state index in [1.165, 1.54) is 24.3 Å². The number of aryl methyl sites for hydroxylation is 1. The highest BCUT2D eigenvalue weighted by atomic mass is 32.3. The van der Waals surface area contributed by atoms with Crippen molar-refractivity contribution in [2.24, 2.45) is 0 Å². The molecule has 47 heavy (non-hydrogen) atoms. The average molecular weight is 695 g/mol. The molecule has 11 unspecified atom stereocenters. The minimum atomic E-state index is -5.62. The van der Waals surface area contributed by atoms with Crippen LogP contribution in [0.5, 0.6) is 5.75 Å². The highest BCUT2D eigenvalue weighted by Crippen LogP contribution is 2.43. The third-order valence-electron chi connectivity index (χ3n) is 8.20. The molecule has 2 saturated heterocycles. The molecule has 19 nitrogen and oxygen atoms in total. The topological polar surface area (TPSA) is 339 Å². The van der Waals surface area contributed by atoms with Crippen LogP contribution < -0.4 is 0 Å². The second-order valence-electron chi connectivity index (χ2n) is 11.2. The Hall–Kier alpha value is -3.09. The molecule has 4 rings (SSSR count). The lowest BCUT2D eigenvalue weighted by Crippen LogP contribution is -2.70. The third-order valence-corrected chi connectivity index (χ3v) is 8.66. The van der Waals surface area contributed by atoms with Crippen LogP contribution in [-0.4, -0.2) is 161 Å². The SMILES string of the molecule is O=C(CCc1ccc(O)cc1)C1=C(O)C(C(O)C2OCC(O)C(O)C2O)=C(O)C(O)(C2OC(CO)C(O)C(O)C2OS(=O)(=O)O)C1=O. The number of aliphatic hydroxyl groups excluding tert-OH is 9. The number of hydrogen-bond donors (Lipinski definition) is 12. The van der Waals surface area contributed by atoms with Crippen molar-refractivity contribution in [3.05, 3.63) is 52.5 Å². The van der Waals surface area contributed by atoms with E-state index in [9.17, 15) is 78.7 Å². The third kappa shape index (κ3) is 6.91. The molecular formula is C27H34O19S. The minimum absolute atomic E-state index is 0.111. The molecule has 2 heterocycles. The summed E-state index contributed by atoms with van der Waals surface area (Å²) < 4.78 is 47.5. The number of aromatic hydroxyl groups is 1. The van der Waals surface area contributed by atoms with Crippen molar-refractivity contribution in [1.29, 1.82) is 0 Å². The number of hydrogen-bond acceptors (Lipinski definition) is 18. The van der Waals surface area contributed by atoms with Crippen LogP contribution in [0.25, 0.3) is 0 Å². The first kappa shape index (κ1) is 36.7. The molecule has 0 spiro atoms. The molecule has 3 aliphatic rings. The number of carbonyl (C=O) groups excluding carboxylic acids is 2. The van der Waals surface area contributed by atoms with Gasteiger partial charge in [0.05, 0.1) is 18.8 Å². The van der Waals surface area contributed by atoms with Crippen LogP contribution in [0.15, 0.2) is 46.9 Å². The minimum Gasteiger partial charge on any atom is -0.508 e. The van der Waals surface area contributed by atoms with Gasteiger partial charge in [0.25, 0.3) is 0 Å². The highest BCUT2D eigenvalue weighted by molar-refractivity contribution is 7.80. The predicted molar refractivity (Wildman–Crippen MR) is 149 cm³/mol. The maximum Gasteiger partial charge on any atom is 0.397 e. The van der Waals surface area contributed by atoms with Gasteiger partial charge in [-0.1, -0.05) is 12.1 Å². The summed E-state index contributed by atoms with van der Waals surface area (Å²) in [5.41, 5.74) is -6.03. The predicted octanol–water partition coefficient (Wildman–Crippen LogP) is -4.66. The number of carbonyl (C=O) groups is 2. The lowest BCUT2D eigenvalue weighted by atomic mass is 9.71. The van der Waals surface area contributed by atoms with Crippen molar-refractivity contribution >= 4 is 22.0 Å². The van der Waals surface area contributed by atoms with Crippen LogP contribution in [0.2, 0.25) is 0 Å². The molecule has 20 heteroatoms. The molecule has 0 amide bonds. The number of aliphatic hydroxyl groups is 10. The molecule has 0 saturated carbocycles. The van der Waals surface area contributed by atoms with Gasteiger partial charge in [0.2, 0.25) is 11.4 Å². The molecule has 12 N–H and O–H groups in total. The van der Waals surface area contributed by atoms with E-state index in [4.69, 9.17) is 9.47 Å². The Morgan fingerprint density at radius 1 is 1.00 bits per heavy atom. The first-order valence-corrected chi connectivity index (χ1v) is 15.3. The first-order chi connectivity index (χ1) is 21.8. The average Bonchev–Trinajstić information content (AvgIpc) is 3.00. The summed E-state index contributed by atoms with van der Waals surface area (Å²) in [6.45, 7) is -1.89. The Bertz CT molecular complexity index is 1520. The van der Waals surface area contributed by atoms with Gasteiger partial charge in [-0.05, 0) is 24.1 Å². The molecule has 262 valence electrons. The van der Waals surface area contributed by atoms with Crippen molar-refractivity contribution in [1.82, 2.24) is 0 Å². The van der Waals surface area contributed by atoms with Crippen molar-refractivity contribution < 1.29 is 92.4 Å². The number of ketones is 2.